The van der Waals surface area contributed by atoms with Crippen LogP contribution in [-0.4, -0.2) is 55.4 Å². The van der Waals surface area contributed by atoms with Crippen LogP contribution >= 0.6 is 0 Å². The summed E-state index contributed by atoms with van der Waals surface area (Å²) in [6.45, 7) is 1.26. The number of ether oxygens (including phenoxy) is 3. The summed E-state index contributed by atoms with van der Waals surface area (Å²) in [5, 5.41) is 9.53. The fourth-order valence-electron chi connectivity index (χ4n) is 3.91. The van der Waals surface area contributed by atoms with Gasteiger partial charge in [-0.05, 0) is 43.1 Å². The van der Waals surface area contributed by atoms with Crippen LogP contribution in [0.5, 0.6) is 17.2 Å². The lowest BCUT2D eigenvalue weighted by Gasteiger charge is -2.38. The molecule has 1 aliphatic heterocycles. The smallest absolute Gasteiger partial charge is 0.307 e. The minimum Gasteiger partial charge on any atom is -0.493 e. The first kappa shape index (κ1) is 19.9. The molecule has 1 saturated heterocycles. The zero-order valence-corrected chi connectivity index (χ0v) is 16.4. The highest BCUT2D eigenvalue weighted by atomic mass is 16.5. The topological polar surface area (TPSA) is 81.1 Å². The van der Waals surface area contributed by atoms with E-state index in [0.717, 1.165) is 24.1 Å². The van der Waals surface area contributed by atoms with Gasteiger partial charge in [0.25, 0.3) is 0 Å². The molecule has 1 N–H and O–H groups in total. The second kappa shape index (κ2) is 8.93. The standard InChI is InChI=1S/C21H26N2O5/c1-26-17-9-8-16(19(27-2)20(17)28-3)18(14-6-4-10-22-12-14)23-11-5-7-15(13-23)21(24)25/h4,6,8-10,12,15,18H,5,7,11,13H2,1-3H3,(H,24,25). The third-order valence-corrected chi connectivity index (χ3v) is 5.20. The van der Waals surface area contributed by atoms with Gasteiger partial charge in [-0.3, -0.25) is 14.7 Å². The molecule has 0 radical (unpaired) electrons. The van der Waals surface area contributed by atoms with Gasteiger partial charge in [0.1, 0.15) is 0 Å². The third-order valence-electron chi connectivity index (χ3n) is 5.20. The molecule has 2 aromatic rings. The van der Waals surface area contributed by atoms with E-state index in [0.29, 0.717) is 30.2 Å². The molecule has 0 amide bonds. The number of carboxylic acid groups (broad SMARTS) is 1. The number of rotatable bonds is 7. The highest BCUT2D eigenvalue weighted by Gasteiger charge is 2.34. The van der Waals surface area contributed by atoms with Crippen molar-refractivity contribution in [3.05, 3.63) is 47.8 Å². The first-order chi connectivity index (χ1) is 13.6. The molecule has 1 aliphatic rings. The number of benzene rings is 1. The van der Waals surface area contributed by atoms with E-state index < -0.39 is 5.97 Å². The van der Waals surface area contributed by atoms with Gasteiger partial charge in [0.2, 0.25) is 5.75 Å². The van der Waals surface area contributed by atoms with Gasteiger partial charge in [-0.15, -0.1) is 0 Å². The monoisotopic (exact) mass is 386 g/mol. The number of piperidine rings is 1. The number of aromatic nitrogens is 1. The molecule has 1 fully saturated rings. The summed E-state index contributed by atoms with van der Waals surface area (Å²) in [5.74, 6) is 0.527. The average molecular weight is 386 g/mol. The third kappa shape index (κ3) is 3.89. The number of carboxylic acids is 1. The molecule has 2 unspecified atom stereocenters. The average Bonchev–Trinajstić information content (AvgIpc) is 2.74. The fraction of sp³-hybridized carbons (Fsp3) is 0.429. The number of pyridine rings is 1. The lowest BCUT2D eigenvalue weighted by Crippen LogP contribution is -2.41. The van der Waals surface area contributed by atoms with Crippen LogP contribution in [-0.2, 0) is 4.79 Å². The molecule has 2 heterocycles. The van der Waals surface area contributed by atoms with Crippen LogP contribution in [0.4, 0.5) is 0 Å². The number of nitrogens with zero attached hydrogens (tertiary/aromatic N) is 2. The molecule has 0 bridgehead atoms. The Hall–Kier alpha value is -2.80. The van der Waals surface area contributed by atoms with Crippen molar-refractivity contribution in [3.63, 3.8) is 0 Å². The Balaban J connectivity index is 2.12. The molecule has 7 nitrogen and oxygen atoms in total. The van der Waals surface area contributed by atoms with Gasteiger partial charge >= 0.3 is 5.97 Å². The van der Waals surface area contributed by atoms with Crippen molar-refractivity contribution < 1.29 is 24.1 Å². The zero-order valence-electron chi connectivity index (χ0n) is 16.4. The van der Waals surface area contributed by atoms with Crippen LogP contribution in [0.15, 0.2) is 36.7 Å². The van der Waals surface area contributed by atoms with E-state index in [1.807, 2.05) is 30.5 Å². The summed E-state index contributed by atoms with van der Waals surface area (Å²) in [7, 11) is 4.75. The van der Waals surface area contributed by atoms with Crippen molar-refractivity contribution in [2.45, 2.75) is 18.9 Å². The van der Waals surface area contributed by atoms with E-state index in [-0.39, 0.29) is 12.0 Å². The fourth-order valence-corrected chi connectivity index (χ4v) is 3.91. The Morgan fingerprint density at radius 1 is 1.18 bits per heavy atom. The second-order valence-corrected chi connectivity index (χ2v) is 6.78. The molecule has 0 spiro atoms. The summed E-state index contributed by atoms with van der Waals surface area (Å²) in [5.41, 5.74) is 1.86. The normalized spacial score (nSPS) is 18.3. The van der Waals surface area contributed by atoms with Crippen molar-refractivity contribution in [1.29, 1.82) is 0 Å². The number of carbonyl (C=O) groups is 1. The predicted molar refractivity (Wildman–Crippen MR) is 104 cm³/mol. The SMILES string of the molecule is COc1ccc(C(c2cccnc2)N2CCCC(C(=O)O)C2)c(OC)c1OC. The Labute approximate surface area is 164 Å². The Bertz CT molecular complexity index is 812. The molecule has 1 aromatic carbocycles. The first-order valence-corrected chi connectivity index (χ1v) is 9.26. The van der Waals surface area contributed by atoms with Crippen molar-refractivity contribution in [3.8, 4) is 17.2 Å². The van der Waals surface area contributed by atoms with Gasteiger partial charge in [-0.1, -0.05) is 6.07 Å². The lowest BCUT2D eigenvalue weighted by molar-refractivity contribution is -0.143. The summed E-state index contributed by atoms with van der Waals surface area (Å²) in [6.07, 6.45) is 5.05. The van der Waals surface area contributed by atoms with Gasteiger partial charge < -0.3 is 19.3 Å². The maximum atomic E-state index is 11.6. The summed E-state index contributed by atoms with van der Waals surface area (Å²) in [4.78, 5) is 18.1. The maximum absolute atomic E-state index is 11.6. The molecule has 2 atom stereocenters. The Morgan fingerprint density at radius 2 is 1.96 bits per heavy atom. The summed E-state index contributed by atoms with van der Waals surface area (Å²) in [6, 6.07) is 7.47. The molecule has 28 heavy (non-hydrogen) atoms. The minimum atomic E-state index is -0.756. The minimum absolute atomic E-state index is 0.203. The van der Waals surface area contributed by atoms with Crippen LogP contribution < -0.4 is 14.2 Å². The van der Waals surface area contributed by atoms with Crippen LogP contribution in [0.3, 0.4) is 0 Å². The van der Waals surface area contributed by atoms with E-state index in [4.69, 9.17) is 14.2 Å². The van der Waals surface area contributed by atoms with Crippen molar-refractivity contribution >= 4 is 5.97 Å². The molecule has 3 rings (SSSR count). The van der Waals surface area contributed by atoms with Crippen molar-refractivity contribution in [2.75, 3.05) is 34.4 Å². The Kier molecular flexibility index (Phi) is 6.36. The van der Waals surface area contributed by atoms with E-state index in [1.165, 1.54) is 0 Å². The maximum Gasteiger partial charge on any atom is 0.307 e. The number of hydrogen-bond acceptors (Lipinski definition) is 6. The molecular formula is C21H26N2O5. The van der Waals surface area contributed by atoms with Gasteiger partial charge in [0.05, 0.1) is 33.3 Å². The number of methoxy groups -OCH3 is 3. The second-order valence-electron chi connectivity index (χ2n) is 6.78. The van der Waals surface area contributed by atoms with Gasteiger partial charge in [0, 0.05) is 24.5 Å². The van der Waals surface area contributed by atoms with Gasteiger partial charge in [-0.2, -0.15) is 0 Å². The highest BCUT2D eigenvalue weighted by molar-refractivity contribution is 5.70. The van der Waals surface area contributed by atoms with Gasteiger partial charge in [0.15, 0.2) is 11.5 Å². The van der Waals surface area contributed by atoms with Crippen molar-refractivity contribution in [1.82, 2.24) is 9.88 Å². The molecule has 150 valence electrons. The van der Waals surface area contributed by atoms with Crippen LogP contribution in [0.2, 0.25) is 0 Å². The van der Waals surface area contributed by atoms with Gasteiger partial charge in [-0.25, -0.2) is 0 Å². The molecule has 1 aromatic heterocycles. The van der Waals surface area contributed by atoms with E-state index in [2.05, 4.69) is 9.88 Å². The summed E-state index contributed by atoms with van der Waals surface area (Å²) < 4.78 is 16.7. The summed E-state index contributed by atoms with van der Waals surface area (Å²) >= 11 is 0. The Morgan fingerprint density at radius 3 is 2.57 bits per heavy atom. The van der Waals surface area contributed by atoms with E-state index in [9.17, 15) is 9.90 Å². The largest absolute Gasteiger partial charge is 0.493 e. The highest BCUT2D eigenvalue weighted by Crippen LogP contribution is 2.45. The van der Waals surface area contributed by atoms with Crippen LogP contribution in [0.25, 0.3) is 0 Å². The molecule has 0 saturated carbocycles. The zero-order chi connectivity index (χ0) is 20.1. The van der Waals surface area contributed by atoms with Crippen molar-refractivity contribution in [2.24, 2.45) is 5.92 Å². The van der Waals surface area contributed by atoms with Crippen LogP contribution in [0.1, 0.15) is 30.0 Å². The number of hydrogen-bond donors (Lipinski definition) is 1. The van der Waals surface area contributed by atoms with Crippen LogP contribution in [0, 0.1) is 5.92 Å². The van der Waals surface area contributed by atoms with E-state index >= 15 is 0 Å². The molecular weight excluding hydrogens is 360 g/mol. The molecule has 7 heteroatoms. The quantitative estimate of drug-likeness (QED) is 0.783. The molecule has 0 aliphatic carbocycles. The first-order valence-electron chi connectivity index (χ1n) is 9.26. The number of aliphatic carboxylic acids is 1. The predicted octanol–water partition coefficient (Wildman–Crippen LogP) is 2.99. The van der Waals surface area contributed by atoms with E-state index in [1.54, 1.807) is 27.5 Å². The number of likely N-dealkylation sites (tertiary alicyclic amines) is 1. The lowest BCUT2D eigenvalue weighted by atomic mass is 9.91.